The van der Waals surface area contributed by atoms with Gasteiger partial charge in [0.25, 0.3) is 0 Å². The van der Waals surface area contributed by atoms with Crippen molar-refractivity contribution in [2.24, 2.45) is 0 Å². The summed E-state index contributed by atoms with van der Waals surface area (Å²) in [5.41, 5.74) is 0. The Morgan fingerprint density at radius 2 is 2.31 bits per heavy atom. The molecule has 1 saturated heterocycles. The Morgan fingerprint density at radius 3 is 2.92 bits per heavy atom. The number of carboxylic acid groups (broad SMARTS) is 1. The summed E-state index contributed by atoms with van der Waals surface area (Å²) in [4.78, 5) is 23.7. The van der Waals surface area contributed by atoms with Crippen LogP contribution in [0.3, 0.4) is 0 Å². The lowest BCUT2D eigenvalue weighted by Gasteiger charge is -2.13. The molecule has 1 aliphatic rings. The summed E-state index contributed by atoms with van der Waals surface area (Å²) in [5.74, 6) is -1.86. The van der Waals surface area contributed by atoms with Crippen molar-refractivity contribution in [1.82, 2.24) is 14.5 Å². The van der Waals surface area contributed by atoms with Gasteiger partial charge in [0, 0.05) is 19.2 Å². The van der Waals surface area contributed by atoms with E-state index in [1.807, 2.05) is 0 Å². The van der Waals surface area contributed by atoms with E-state index in [0.29, 0.717) is 18.1 Å². The van der Waals surface area contributed by atoms with Crippen LogP contribution in [0.5, 0.6) is 0 Å². The molecule has 11 heteroatoms. The van der Waals surface area contributed by atoms with Gasteiger partial charge in [0.15, 0.2) is 5.78 Å². The Kier molecular flexibility index (Phi) is 5.51. The van der Waals surface area contributed by atoms with Gasteiger partial charge in [0.1, 0.15) is 10.9 Å². The highest BCUT2D eigenvalue weighted by atomic mass is 32.2. The van der Waals surface area contributed by atoms with E-state index in [1.54, 1.807) is 17.5 Å². The fraction of sp³-hybridized carbons (Fsp3) is 0.400. The Labute approximate surface area is 153 Å². The molecule has 26 heavy (non-hydrogen) atoms. The minimum atomic E-state index is -4.13. The Hall–Kier alpha value is -2.08. The molecule has 0 aromatic carbocycles. The molecular formula is C15H17N3O6S2. The van der Waals surface area contributed by atoms with Gasteiger partial charge in [-0.3, -0.25) is 14.3 Å². The second-order valence-electron chi connectivity index (χ2n) is 5.79. The third-order valence-corrected chi connectivity index (χ3v) is 6.29. The van der Waals surface area contributed by atoms with Crippen LogP contribution in [0.15, 0.2) is 34.8 Å². The zero-order chi connectivity index (χ0) is 18.7. The minimum absolute atomic E-state index is 0.0466. The van der Waals surface area contributed by atoms with Crippen LogP contribution in [-0.4, -0.2) is 54.3 Å². The van der Waals surface area contributed by atoms with Crippen LogP contribution in [0.1, 0.15) is 28.6 Å². The number of hydrogen-bond acceptors (Lipinski definition) is 7. The molecule has 9 nitrogen and oxygen atoms in total. The van der Waals surface area contributed by atoms with E-state index < -0.39 is 34.2 Å². The SMILES string of the molecule is O=C(CC(NS(=O)(=O)c1cnn(C2CCOC2)c1)C(=O)O)c1cccs1. The third-order valence-electron chi connectivity index (χ3n) is 3.95. The molecule has 2 aromatic rings. The predicted molar refractivity (Wildman–Crippen MR) is 91.7 cm³/mol. The van der Waals surface area contributed by atoms with Gasteiger partial charge in [-0.15, -0.1) is 11.3 Å². The molecule has 0 spiro atoms. The zero-order valence-corrected chi connectivity index (χ0v) is 15.2. The third kappa shape index (κ3) is 4.18. The van der Waals surface area contributed by atoms with Gasteiger partial charge in [-0.2, -0.15) is 9.82 Å². The fourth-order valence-corrected chi connectivity index (χ4v) is 4.35. The minimum Gasteiger partial charge on any atom is -0.480 e. The van der Waals surface area contributed by atoms with Crippen molar-refractivity contribution in [2.45, 2.75) is 29.8 Å². The number of rotatable bonds is 8. The molecule has 0 saturated carbocycles. The number of thiophene rings is 1. The van der Waals surface area contributed by atoms with E-state index in [2.05, 4.69) is 9.82 Å². The summed E-state index contributed by atoms with van der Waals surface area (Å²) < 4.78 is 33.8. The maximum atomic E-state index is 12.5. The monoisotopic (exact) mass is 399 g/mol. The number of aromatic nitrogens is 2. The van der Waals surface area contributed by atoms with Crippen LogP contribution in [-0.2, 0) is 19.6 Å². The smallest absolute Gasteiger partial charge is 0.322 e. The molecule has 140 valence electrons. The zero-order valence-electron chi connectivity index (χ0n) is 13.6. The summed E-state index contributed by atoms with van der Waals surface area (Å²) in [6, 6.07) is 1.62. The molecule has 2 unspecified atom stereocenters. The van der Waals surface area contributed by atoms with E-state index in [-0.39, 0.29) is 10.9 Å². The largest absolute Gasteiger partial charge is 0.480 e. The van der Waals surface area contributed by atoms with Gasteiger partial charge >= 0.3 is 5.97 Å². The van der Waals surface area contributed by atoms with Crippen LogP contribution in [0, 0.1) is 0 Å². The summed E-state index contributed by atoms with van der Waals surface area (Å²) in [6.45, 7) is 1.03. The summed E-state index contributed by atoms with van der Waals surface area (Å²) >= 11 is 1.17. The molecule has 0 amide bonds. The molecule has 3 rings (SSSR count). The number of hydrogen-bond donors (Lipinski definition) is 2. The average Bonchev–Trinajstić information content (AvgIpc) is 3.34. The summed E-state index contributed by atoms with van der Waals surface area (Å²) in [7, 11) is -4.13. The van der Waals surface area contributed by atoms with Crippen LogP contribution in [0.25, 0.3) is 0 Å². The van der Waals surface area contributed by atoms with Gasteiger partial charge in [0.2, 0.25) is 10.0 Å². The first-order chi connectivity index (χ1) is 12.4. The number of aliphatic carboxylic acids is 1. The van der Waals surface area contributed by atoms with E-state index in [9.17, 15) is 23.1 Å². The van der Waals surface area contributed by atoms with Gasteiger partial charge in [-0.1, -0.05) is 6.07 Å². The molecule has 2 aromatic heterocycles. The van der Waals surface area contributed by atoms with Crippen LogP contribution in [0.4, 0.5) is 0 Å². The first kappa shape index (κ1) is 18.7. The summed E-state index contributed by atoms with van der Waals surface area (Å²) in [5, 5.41) is 15.0. The highest BCUT2D eigenvalue weighted by Gasteiger charge is 2.30. The molecule has 0 bridgehead atoms. The maximum absolute atomic E-state index is 12.5. The van der Waals surface area contributed by atoms with Gasteiger partial charge in [-0.25, -0.2) is 8.42 Å². The molecule has 3 heterocycles. The quantitative estimate of drug-likeness (QED) is 0.632. The number of carbonyl (C=O) groups is 2. The number of nitrogens with zero attached hydrogens (tertiary/aromatic N) is 2. The highest BCUT2D eigenvalue weighted by Crippen LogP contribution is 2.20. The van der Waals surface area contributed by atoms with Gasteiger partial charge in [0.05, 0.1) is 23.7 Å². The lowest BCUT2D eigenvalue weighted by molar-refractivity contribution is -0.138. The van der Waals surface area contributed by atoms with Crippen LogP contribution in [0.2, 0.25) is 0 Å². The normalized spacial score (nSPS) is 18.7. The molecule has 2 atom stereocenters. The lowest BCUT2D eigenvalue weighted by Crippen LogP contribution is -2.42. The van der Waals surface area contributed by atoms with E-state index in [4.69, 9.17) is 4.74 Å². The molecule has 0 aliphatic carbocycles. The van der Waals surface area contributed by atoms with Crippen molar-refractivity contribution in [1.29, 1.82) is 0 Å². The number of carbonyl (C=O) groups excluding carboxylic acids is 1. The number of Topliss-reactive ketones (excluding diaryl/α,β-unsaturated/α-hetero) is 1. The van der Waals surface area contributed by atoms with E-state index >= 15 is 0 Å². The maximum Gasteiger partial charge on any atom is 0.322 e. The van der Waals surface area contributed by atoms with Crippen LogP contribution >= 0.6 is 11.3 Å². The van der Waals surface area contributed by atoms with Crippen molar-refractivity contribution < 1.29 is 27.9 Å². The lowest BCUT2D eigenvalue weighted by atomic mass is 10.1. The topological polar surface area (TPSA) is 128 Å². The molecular weight excluding hydrogens is 382 g/mol. The number of carboxylic acids is 1. The Balaban J connectivity index is 1.73. The standard InChI is InChI=1S/C15H17N3O6S2/c19-13(14-2-1-5-25-14)6-12(15(20)21)17-26(22,23)11-7-16-18(8-11)10-3-4-24-9-10/h1-2,5,7-8,10,12,17H,3-4,6,9H2,(H,20,21). The molecule has 0 radical (unpaired) electrons. The fourth-order valence-electron chi connectivity index (χ4n) is 2.55. The number of ether oxygens (including phenoxy) is 1. The van der Waals surface area contributed by atoms with E-state index in [0.717, 1.165) is 12.6 Å². The van der Waals surface area contributed by atoms with E-state index in [1.165, 1.54) is 22.2 Å². The predicted octanol–water partition coefficient (Wildman–Crippen LogP) is 0.911. The Morgan fingerprint density at radius 1 is 1.50 bits per heavy atom. The summed E-state index contributed by atoms with van der Waals surface area (Å²) in [6.07, 6.45) is 2.74. The molecule has 2 N–H and O–H groups in total. The molecule has 1 fully saturated rings. The number of nitrogens with one attached hydrogen (secondary N) is 1. The van der Waals surface area contributed by atoms with Crippen molar-refractivity contribution in [3.05, 3.63) is 34.8 Å². The second kappa shape index (κ2) is 7.66. The first-order valence-corrected chi connectivity index (χ1v) is 10.2. The van der Waals surface area contributed by atoms with Gasteiger partial charge in [-0.05, 0) is 17.9 Å². The number of sulfonamides is 1. The van der Waals surface area contributed by atoms with Crippen molar-refractivity contribution >= 4 is 33.1 Å². The highest BCUT2D eigenvalue weighted by molar-refractivity contribution is 7.89. The van der Waals surface area contributed by atoms with Crippen molar-refractivity contribution in [3.63, 3.8) is 0 Å². The van der Waals surface area contributed by atoms with Crippen LogP contribution < -0.4 is 4.72 Å². The average molecular weight is 399 g/mol. The second-order valence-corrected chi connectivity index (χ2v) is 8.45. The Bertz CT molecular complexity index is 884. The van der Waals surface area contributed by atoms with Crippen molar-refractivity contribution in [3.8, 4) is 0 Å². The van der Waals surface area contributed by atoms with Gasteiger partial charge < -0.3 is 9.84 Å². The van der Waals surface area contributed by atoms with Crippen molar-refractivity contribution in [2.75, 3.05) is 13.2 Å². The first-order valence-electron chi connectivity index (χ1n) is 7.80. The number of ketones is 1. The molecule has 1 aliphatic heterocycles.